The van der Waals surface area contributed by atoms with E-state index in [-0.39, 0.29) is 18.5 Å². The SMILES string of the molecule is CSc1cccc(N(CC(=O)N[C@H](C)c2ccc3c(c2)CCCC3)S(C)(=O)=O)c1. The van der Waals surface area contributed by atoms with Crippen molar-refractivity contribution < 1.29 is 13.2 Å². The third-order valence-corrected chi connectivity index (χ3v) is 7.14. The Morgan fingerprint density at radius 1 is 1.14 bits per heavy atom. The van der Waals surface area contributed by atoms with Crippen molar-refractivity contribution in [3.8, 4) is 0 Å². The third kappa shape index (κ3) is 5.54. The molecule has 0 fully saturated rings. The van der Waals surface area contributed by atoms with Crippen molar-refractivity contribution in [2.75, 3.05) is 23.4 Å². The summed E-state index contributed by atoms with van der Waals surface area (Å²) in [6, 6.07) is 13.4. The Kier molecular flexibility index (Phi) is 6.90. The normalized spacial score (nSPS) is 14.7. The zero-order valence-corrected chi connectivity index (χ0v) is 18.8. The van der Waals surface area contributed by atoms with E-state index in [4.69, 9.17) is 0 Å². The van der Waals surface area contributed by atoms with E-state index in [9.17, 15) is 13.2 Å². The predicted octanol–water partition coefficient (Wildman–Crippen LogP) is 3.93. The quantitative estimate of drug-likeness (QED) is 0.673. The van der Waals surface area contributed by atoms with Crippen molar-refractivity contribution in [3.63, 3.8) is 0 Å². The van der Waals surface area contributed by atoms with E-state index in [1.54, 1.807) is 18.2 Å². The zero-order chi connectivity index (χ0) is 21.0. The second-order valence-corrected chi connectivity index (χ2v) is 10.3. The number of hydrogen-bond donors (Lipinski definition) is 1. The van der Waals surface area contributed by atoms with Gasteiger partial charge in [-0.3, -0.25) is 9.10 Å². The Hall–Kier alpha value is -1.99. The van der Waals surface area contributed by atoms with Crippen LogP contribution in [0.2, 0.25) is 0 Å². The molecule has 0 aliphatic heterocycles. The number of nitrogens with zero attached hydrogens (tertiary/aromatic N) is 1. The minimum Gasteiger partial charge on any atom is -0.348 e. The monoisotopic (exact) mass is 432 g/mol. The smallest absolute Gasteiger partial charge is 0.241 e. The zero-order valence-electron chi connectivity index (χ0n) is 17.1. The van der Waals surface area contributed by atoms with E-state index >= 15 is 0 Å². The Balaban J connectivity index is 1.73. The number of anilines is 1. The number of thioether (sulfide) groups is 1. The predicted molar refractivity (Wildman–Crippen MR) is 120 cm³/mol. The van der Waals surface area contributed by atoms with Crippen molar-refractivity contribution in [2.24, 2.45) is 0 Å². The van der Waals surface area contributed by atoms with Gasteiger partial charge in [0.05, 0.1) is 18.0 Å². The number of aryl methyl sites for hydroxylation is 2. The lowest BCUT2D eigenvalue weighted by molar-refractivity contribution is -0.120. The maximum atomic E-state index is 12.7. The number of hydrogen-bond acceptors (Lipinski definition) is 4. The molecular formula is C22H28N2O3S2. The fourth-order valence-corrected chi connectivity index (χ4v) is 4.99. The van der Waals surface area contributed by atoms with Gasteiger partial charge in [0.1, 0.15) is 6.54 Å². The molecule has 0 saturated heterocycles. The minimum absolute atomic E-state index is 0.186. The fraction of sp³-hybridized carbons (Fsp3) is 0.409. The highest BCUT2D eigenvalue weighted by molar-refractivity contribution is 7.98. The van der Waals surface area contributed by atoms with Gasteiger partial charge in [-0.1, -0.05) is 24.3 Å². The Morgan fingerprint density at radius 3 is 2.55 bits per heavy atom. The van der Waals surface area contributed by atoms with Gasteiger partial charge in [-0.2, -0.15) is 0 Å². The summed E-state index contributed by atoms with van der Waals surface area (Å²) in [6.45, 7) is 1.69. The fourth-order valence-electron chi connectivity index (χ4n) is 3.69. The van der Waals surface area contributed by atoms with Gasteiger partial charge in [-0.25, -0.2) is 8.42 Å². The molecule has 0 heterocycles. The number of fused-ring (bicyclic) bond motifs is 1. The molecule has 156 valence electrons. The Morgan fingerprint density at radius 2 is 1.86 bits per heavy atom. The molecule has 29 heavy (non-hydrogen) atoms. The van der Waals surface area contributed by atoms with E-state index in [1.807, 2.05) is 19.2 Å². The highest BCUT2D eigenvalue weighted by Gasteiger charge is 2.22. The van der Waals surface area contributed by atoms with Crippen LogP contribution >= 0.6 is 11.8 Å². The van der Waals surface area contributed by atoms with Crippen molar-refractivity contribution in [1.82, 2.24) is 5.32 Å². The molecule has 1 aliphatic rings. The van der Waals surface area contributed by atoms with Crippen LogP contribution in [0.4, 0.5) is 5.69 Å². The van der Waals surface area contributed by atoms with E-state index in [0.717, 1.165) is 33.9 Å². The average molecular weight is 433 g/mol. The van der Waals surface area contributed by atoms with Crippen molar-refractivity contribution in [2.45, 2.75) is 43.5 Å². The highest BCUT2D eigenvalue weighted by Crippen LogP contribution is 2.26. The van der Waals surface area contributed by atoms with Crippen LogP contribution in [-0.4, -0.2) is 33.4 Å². The number of nitrogens with one attached hydrogen (secondary N) is 1. The van der Waals surface area contributed by atoms with Gasteiger partial charge in [0.25, 0.3) is 0 Å². The van der Waals surface area contributed by atoms with Gasteiger partial charge < -0.3 is 5.32 Å². The van der Waals surface area contributed by atoms with E-state index in [0.29, 0.717) is 5.69 Å². The molecule has 5 nitrogen and oxygen atoms in total. The van der Waals surface area contributed by atoms with Crippen molar-refractivity contribution in [3.05, 3.63) is 59.2 Å². The van der Waals surface area contributed by atoms with Crippen LogP contribution in [0.5, 0.6) is 0 Å². The second kappa shape index (κ2) is 9.22. The molecule has 1 N–H and O–H groups in total. The summed E-state index contributed by atoms with van der Waals surface area (Å²) in [4.78, 5) is 13.6. The molecule has 2 aromatic carbocycles. The lowest BCUT2D eigenvalue weighted by Gasteiger charge is -2.24. The van der Waals surface area contributed by atoms with E-state index < -0.39 is 10.0 Å². The van der Waals surface area contributed by atoms with Gasteiger partial charge in [0.2, 0.25) is 15.9 Å². The van der Waals surface area contributed by atoms with Gasteiger partial charge in [-0.15, -0.1) is 11.8 Å². The summed E-state index contributed by atoms with van der Waals surface area (Å²) in [5, 5.41) is 2.95. The summed E-state index contributed by atoms with van der Waals surface area (Å²) >= 11 is 1.53. The Labute approximate surface area is 177 Å². The van der Waals surface area contributed by atoms with Gasteiger partial charge >= 0.3 is 0 Å². The molecule has 0 unspecified atom stereocenters. The highest BCUT2D eigenvalue weighted by atomic mass is 32.2. The number of carbonyl (C=O) groups is 1. The van der Waals surface area contributed by atoms with Crippen LogP contribution in [0.1, 0.15) is 42.5 Å². The van der Waals surface area contributed by atoms with Crippen LogP contribution in [0, 0.1) is 0 Å². The van der Waals surface area contributed by atoms with Crippen LogP contribution in [-0.2, 0) is 27.7 Å². The number of sulfonamides is 1. The molecule has 2 aromatic rings. The molecule has 0 bridgehead atoms. The molecule has 1 amide bonds. The summed E-state index contributed by atoms with van der Waals surface area (Å²) in [6.07, 6.45) is 7.69. The van der Waals surface area contributed by atoms with Gasteiger partial charge in [0.15, 0.2) is 0 Å². The number of amides is 1. The molecule has 1 aliphatic carbocycles. The summed E-state index contributed by atoms with van der Waals surface area (Å²) in [5.74, 6) is -0.324. The first-order valence-electron chi connectivity index (χ1n) is 9.81. The topological polar surface area (TPSA) is 66.5 Å². The van der Waals surface area contributed by atoms with E-state index in [1.165, 1.54) is 35.7 Å². The number of rotatable bonds is 7. The molecular weight excluding hydrogens is 404 g/mol. The average Bonchev–Trinajstić information content (AvgIpc) is 2.70. The van der Waals surface area contributed by atoms with Crippen LogP contribution in [0.3, 0.4) is 0 Å². The lowest BCUT2D eigenvalue weighted by atomic mass is 9.89. The standard InChI is InChI=1S/C22H28N2O3S2/c1-16(18-12-11-17-7-4-5-8-19(17)13-18)23-22(25)15-24(29(3,26)27)20-9-6-10-21(14-20)28-2/h6,9-14,16H,4-5,7-8,15H2,1-3H3,(H,23,25)/t16-/m1/s1. The first-order valence-corrected chi connectivity index (χ1v) is 12.9. The summed E-state index contributed by atoms with van der Waals surface area (Å²) in [7, 11) is -3.59. The van der Waals surface area contributed by atoms with Gasteiger partial charge in [-0.05, 0) is 73.8 Å². The van der Waals surface area contributed by atoms with E-state index in [2.05, 4.69) is 23.5 Å². The largest absolute Gasteiger partial charge is 0.348 e. The maximum absolute atomic E-state index is 12.7. The first kappa shape index (κ1) is 21.7. The maximum Gasteiger partial charge on any atom is 0.241 e. The Bertz CT molecular complexity index is 989. The summed E-state index contributed by atoms with van der Waals surface area (Å²) in [5.41, 5.74) is 4.31. The van der Waals surface area contributed by atoms with Gasteiger partial charge in [0, 0.05) is 4.90 Å². The molecule has 0 radical (unpaired) electrons. The van der Waals surface area contributed by atoms with Crippen LogP contribution < -0.4 is 9.62 Å². The van der Waals surface area contributed by atoms with Crippen LogP contribution in [0.15, 0.2) is 47.4 Å². The van der Waals surface area contributed by atoms with Crippen LogP contribution in [0.25, 0.3) is 0 Å². The minimum atomic E-state index is -3.59. The summed E-state index contributed by atoms with van der Waals surface area (Å²) < 4.78 is 25.8. The molecule has 7 heteroatoms. The second-order valence-electron chi connectivity index (χ2n) is 7.50. The molecule has 1 atom stereocenters. The molecule has 0 aromatic heterocycles. The van der Waals surface area contributed by atoms with Crippen molar-refractivity contribution >= 4 is 33.4 Å². The number of carbonyl (C=O) groups excluding carboxylic acids is 1. The lowest BCUT2D eigenvalue weighted by Crippen LogP contribution is -2.41. The first-order chi connectivity index (χ1) is 13.8. The molecule has 0 spiro atoms. The molecule has 3 rings (SSSR count). The molecule has 0 saturated carbocycles. The van der Waals surface area contributed by atoms with Crippen molar-refractivity contribution in [1.29, 1.82) is 0 Å². The third-order valence-electron chi connectivity index (χ3n) is 5.28. The number of benzene rings is 2.